The van der Waals surface area contributed by atoms with E-state index in [2.05, 4.69) is 57.0 Å². The Hall–Kier alpha value is -1.08. The summed E-state index contributed by atoms with van der Waals surface area (Å²) in [5.41, 5.74) is 7.16. The van der Waals surface area contributed by atoms with Crippen LogP contribution in [0.2, 0.25) is 0 Å². The molecule has 0 aliphatic carbocycles. The van der Waals surface area contributed by atoms with Gasteiger partial charge in [-0.2, -0.15) is 0 Å². The van der Waals surface area contributed by atoms with Gasteiger partial charge >= 0.3 is 0 Å². The van der Waals surface area contributed by atoms with Crippen LogP contribution in [0.25, 0.3) is 0 Å². The summed E-state index contributed by atoms with van der Waals surface area (Å²) >= 11 is 0. The SMILES string of the molecule is C=C.CN.Cc1ccc(C)cc1. The fourth-order valence-electron chi connectivity index (χ4n) is 0.637. The lowest BCUT2D eigenvalue weighted by molar-refractivity contribution is 1.40. The highest BCUT2D eigenvalue weighted by molar-refractivity contribution is 5.19. The van der Waals surface area contributed by atoms with Crippen molar-refractivity contribution >= 4 is 0 Å². The molecule has 0 aliphatic heterocycles. The Morgan fingerprint density at radius 3 is 1.17 bits per heavy atom. The lowest BCUT2D eigenvalue weighted by Crippen LogP contribution is -1.70. The summed E-state index contributed by atoms with van der Waals surface area (Å²) in [4.78, 5) is 0. The van der Waals surface area contributed by atoms with E-state index in [4.69, 9.17) is 0 Å². The molecule has 0 unspecified atom stereocenters. The smallest absolute Gasteiger partial charge is 0.0195 e. The Labute approximate surface area is 75.9 Å². The number of aryl methyl sites for hydroxylation is 2. The highest BCUT2D eigenvalue weighted by atomic mass is 14.4. The molecular formula is C11H19N. The van der Waals surface area contributed by atoms with Crippen LogP contribution in [0.4, 0.5) is 0 Å². The Balaban J connectivity index is 0. The molecule has 0 fully saturated rings. The van der Waals surface area contributed by atoms with Gasteiger partial charge in [0.1, 0.15) is 0 Å². The molecular weight excluding hydrogens is 146 g/mol. The van der Waals surface area contributed by atoms with E-state index < -0.39 is 0 Å². The van der Waals surface area contributed by atoms with Gasteiger partial charge < -0.3 is 5.73 Å². The van der Waals surface area contributed by atoms with E-state index in [1.54, 1.807) is 0 Å². The number of rotatable bonds is 0. The monoisotopic (exact) mass is 165 g/mol. The molecule has 0 radical (unpaired) electrons. The first-order valence-corrected chi connectivity index (χ1v) is 3.90. The molecule has 0 saturated heterocycles. The van der Waals surface area contributed by atoms with E-state index in [9.17, 15) is 0 Å². The quantitative estimate of drug-likeness (QED) is 0.588. The number of hydrogen-bond acceptors (Lipinski definition) is 1. The maximum absolute atomic E-state index is 4.50. The van der Waals surface area contributed by atoms with Gasteiger partial charge in [-0.3, -0.25) is 0 Å². The summed E-state index contributed by atoms with van der Waals surface area (Å²) in [7, 11) is 1.50. The van der Waals surface area contributed by atoms with E-state index in [1.165, 1.54) is 18.2 Å². The molecule has 0 atom stereocenters. The van der Waals surface area contributed by atoms with Crippen LogP contribution in [-0.2, 0) is 0 Å². The Morgan fingerprint density at radius 1 is 0.833 bits per heavy atom. The predicted molar refractivity (Wildman–Crippen MR) is 57.3 cm³/mol. The Bertz CT molecular complexity index is 156. The zero-order valence-electron chi connectivity index (χ0n) is 8.30. The van der Waals surface area contributed by atoms with Crippen molar-refractivity contribution in [2.24, 2.45) is 5.73 Å². The van der Waals surface area contributed by atoms with Gasteiger partial charge in [0.25, 0.3) is 0 Å². The normalized spacial score (nSPS) is 7.00. The van der Waals surface area contributed by atoms with Gasteiger partial charge in [-0.25, -0.2) is 0 Å². The molecule has 0 heterocycles. The topological polar surface area (TPSA) is 26.0 Å². The second kappa shape index (κ2) is 9.92. The van der Waals surface area contributed by atoms with Gasteiger partial charge in [-0.1, -0.05) is 35.4 Å². The van der Waals surface area contributed by atoms with Gasteiger partial charge in [-0.05, 0) is 20.9 Å². The van der Waals surface area contributed by atoms with Gasteiger partial charge in [-0.15, -0.1) is 13.2 Å². The standard InChI is InChI=1S/C8H10.C2H4.CH5N/c1-7-3-5-8(2)6-4-7;2*1-2/h3-6H,1-2H3;1-2H2;2H2,1H3. The molecule has 0 aliphatic rings. The van der Waals surface area contributed by atoms with Crippen molar-refractivity contribution in [1.29, 1.82) is 0 Å². The number of nitrogens with two attached hydrogens (primary N) is 1. The highest BCUT2D eigenvalue weighted by Gasteiger charge is 1.79. The lowest BCUT2D eigenvalue weighted by atomic mass is 10.2. The second-order valence-electron chi connectivity index (χ2n) is 2.15. The van der Waals surface area contributed by atoms with E-state index in [0.29, 0.717) is 0 Å². The van der Waals surface area contributed by atoms with E-state index in [0.717, 1.165) is 0 Å². The number of hydrogen-bond donors (Lipinski definition) is 1. The fourth-order valence-corrected chi connectivity index (χ4v) is 0.637. The minimum absolute atomic E-state index is 1.33. The van der Waals surface area contributed by atoms with E-state index in [1.807, 2.05) is 0 Å². The zero-order valence-corrected chi connectivity index (χ0v) is 8.30. The minimum Gasteiger partial charge on any atom is -0.333 e. The van der Waals surface area contributed by atoms with Crippen LogP contribution < -0.4 is 5.73 Å². The van der Waals surface area contributed by atoms with Crippen molar-refractivity contribution in [3.05, 3.63) is 48.6 Å². The van der Waals surface area contributed by atoms with Crippen molar-refractivity contribution in [3.63, 3.8) is 0 Å². The predicted octanol–water partition coefficient (Wildman–Crippen LogP) is 2.68. The third kappa shape index (κ3) is 7.03. The highest BCUT2D eigenvalue weighted by Crippen LogP contribution is 1.99. The van der Waals surface area contributed by atoms with E-state index in [-0.39, 0.29) is 0 Å². The van der Waals surface area contributed by atoms with Gasteiger partial charge in [0, 0.05) is 0 Å². The van der Waals surface area contributed by atoms with Crippen molar-refractivity contribution in [2.45, 2.75) is 13.8 Å². The van der Waals surface area contributed by atoms with Crippen molar-refractivity contribution in [3.8, 4) is 0 Å². The maximum atomic E-state index is 4.50. The average Bonchev–Trinajstić information content (AvgIpc) is 2.17. The van der Waals surface area contributed by atoms with Crippen molar-refractivity contribution in [2.75, 3.05) is 7.05 Å². The molecule has 1 rings (SSSR count). The lowest BCUT2D eigenvalue weighted by Gasteiger charge is -1.90. The summed E-state index contributed by atoms with van der Waals surface area (Å²) in [6, 6.07) is 8.48. The molecule has 1 heteroatoms. The average molecular weight is 165 g/mol. The molecule has 0 saturated carbocycles. The Morgan fingerprint density at radius 2 is 1.00 bits per heavy atom. The van der Waals surface area contributed by atoms with Crippen molar-refractivity contribution < 1.29 is 0 Å². The van der Waals surface area contributed by atoms with Crippen LogP contribution in [-0.4, -0.2) is 7.05 Å². The minimum atomic E-state index is 1.33. The summed E-state index contributed by atoms with van der Waals surface area (Å²) in [5.74, 6) is 0. The van der Waals surface area contributed by atoms with E-state index >= 15 is 0 Å². The molecule has 0 spiro atoms. The largest absolute Gasteiger partial charge is 0.333 e. The molecule has 0 bridgehead atoms. The fraction of sp³-hybridized carbons (Fsp3) is 0.273. The molecule has 0 amide bonds. The van der Waals surface area contributed by atoms with Gasteiger partial charge in [0.05, 0.1) is 0 Å². The zero-order chi connectivity index (χ0) is 9.98. The van der Waals surface area contributed by atoms with Crippen LogP contribution in [0.5, 0.6) is 0 Å². The van der Waals surface area contributed by atoms with Gasteiger partial charge in [0.15, 0.2) is 0 Å². The molecule has 0 aromatic heterocycles. The first kappa shape index (κ1) is 13.5. The Kier molecular flexibility index (Phi) is 11.2. The maximum Gasteiger partial charge on any atom is -0.0195 e. The van der Waals surface area contributed by atoms with Crippen LogP contribution in [0.3, 0.4) is 0 Å². The second-order valence-corrected chi connectivity index (χ2v) is 2.15. The molecule has 1 aromatic carbocycles. The third-order valence-corrected chi connectivity index (χ3v) is 1.22. The third-order valence-electron chi connectivity index (χ3n) is 1.22. The summed E-state index contributed by atoms with van der Waals surface area (Å²) in [6.07, 6.45) is 0. The summed E-state index contributed by atoms with van der Waals surface area (Å²) < 4.78 is 0. The van der Waals surface area contributed by atoms with Crippen LogP contribution in [0.1, 0.15) is 11.1 Å². The van der Waals surface area contributed by atoms with Gasteiger partial charge in [0.2, 0.25) is 0 Å². The van der Waals surface area contributed by atoms with Crippen LogP contribution in [0, 0.1) is 13.8 Å². The first-order valence-electron chi connectivity index (χ1n) is 3.90. The molecule has 2 N–H and O–H groups in total. The van der Waals surface area contributed by atoms with Crippen LogP contribution >= 0.6 is 0 Å². The van der Waals surface area contributed by atoms with Crippen molar-refractivity contribution in [1.82, 2.24) is 0 Å². The number of benzene rings is 1. The molecule has 68 valence electrons. The molecule has 12 heavy (non-hydrogen) atoms. The summed E-state index contributed by atoms with van der Waals surface area (Å²) in [5, 5.41) is 0. The molecule has 1 nitrogen and oxygen atoms in total. The first-order chi connectivity index (χ1) is 5.79. The molecule has 1 aromatic rings. The van der Waals surface area contributed by atoms with Crippen LogP contribution in [0.15, 0.2) is 37.4 Å². The summed E-state index contributed by atoms with van der Waals surface area (Å²) in [6.45, 7) is 10.2.